The van der Waals surface area contributed by atoms with E-state index in [1.165, 1.54) is 7.11 Å². The minimum Gasteiger partial charge on any atom is -0.465 e. The van der Waals surface area contributed by atoms with Gasteiger partial charge in [-0.05, 0) is 35.7 Å². The summed E-state index contributed by atoms with van der Waals surface area (Å²) in [6.07, 6.45) is 0.828. The van der Waals surface area contributed by atoms with Crippen LogP contribution in [-0.2, 0) is 4.74 Å². The number of fused-ring (bicyclic) bond motifs is 1. The maximum atomic E-state index is 11.5. The SMILES string of the molecule is COC(=O)c1ccc([C@H]2C[C@@H](N)c3ccccc3N2)cc1. The normalized spacial score (nSPS) is 20.3. The van der Waals surface area contributed by atoms with Crippen LogP contribution < -0.4 is 11.1 Å². The number of ether oxygens (including phenoxy) is 1. The van der Waals surface area contributed by atoms with Gasteiger partial charge in [0, 0.05) is 11.7 Å². The van der Waals surface area contributed by atoms with Gasteiger partial charge >= 0.3 is 5.97 Å². The first-order chi connectivity index (χ1) is 10.2. The molecule has 3 rings (SSSR count). The van der Waals surface area contributed by atoms with Crippen LogP contribution in [0.3, 0.4) is 0 Å². The first kappa shape index (κ1) is 13.6. The molecule has 1 aliphatic rings. The van der Waals surface area contributed by atoms with Crippen LogP contribution >= 0.6 is 0 Å². The van der Waals surface area contributed by atoms with Gasteiger partial charge in [0.05, 0.1) is 18.7 Å². The average molecular weight is 282 g/mol. The Labute approximate surface area is 123 Å². The molecule has 2 atom stereocenters. The number of carbonyl (C=O) groups is 1. The third-order valence-electron chi connectivity index (χ3n) is 3.91. The lowest BCUT2D eigenvalue weighted by Gasteiger charge is -2.31. The topological polar surface area (TPSA) is 64.3 Å². The van der Waals surface area contributed by atoms with Gasteiger partial charge in [-0.3, -0.25) is 0 Å². The highest BCUT2D eigenvalue weighted by atomic mass is 16.5. The second-order valence-corrected chi connectivity index (χ2v) is 5.24. The molecular formula is C17H18N2O2. The smallest absolute Gasteiger partial charge is 0.337 e. The number of hydrogen-bond donors (Lipinski definition) is 2. The first-order valence-electron chi connectivity index (χ1n) is 6.98. The predicted molar refractivity (Wildman–Crippen MR) is 82.1 cm³/mol. The lowest BCUT2D eigenvalue weighted by atomic mass is 9.90. The number of hydrogen-bond acceptors (Lipinski definition) is 4. The molecule has 0 aliphatic carbocycles. The molecule has 2 aromatic carbocycles. The molecular weight excluding hydrogens is 264 g/mol. The summed E-state index contributed by atoms with van der Waals surface area (Å²) in [4.78, 5) is 11.5. The second-order valence-electron chi connectivity index (χ2n) is 5.24. The number of nitrogens with two attached hydrogens (primary N) is 1. The minimum atomic E-state index is -0.319. The van der Waals surface area contributed by atoms with Crippen molar-refractivity contribution in [1.82, 2.24) is 0 Å². The molecule has 1 heterocycles. The molecule has 21 heavy (non-hydrogen) atoms. The van der Waals surface area contributed by atoms with Gasteiger partial charge in [0.2, 0.25) is 0 Å². The van der Waals surface area contributed by atoms with Gasteiger partial charge in [0.25, 0.3) is 0 Å². The zero-order chi connectivity index (χ0) is 14.8. The van der Waals surface area contributed by atoms with Crippen LogP contribution in [0.25, 0.3) is 0 Å². The second kappa shape index (κ2) is 5.58. The quantitative estimate of drug-likeness (QED) is 0.831. The van der Waals surface area contributed by atoms with Crippen LogP contribution in [0.5, 0.6) is 0 Å². The van der Waals surface area contributed by atoms with E-state index >= 15 is 0 Å². The Morgan fingerprint density at radius 3 is 2.62 bits per heavy atom. The van der Waals surface area contributed by atoms with Gasteiger partial charge in [0.1, 0.15) is 0 Å². The highest BCUT2D eigenvalue weighted by Crippen LogP contribution is 2.37. The molecule has 0 aromatic heterocycles. The Bertz CT molecular complexity index is 652. The molecule has 0 radical (unpaired) electrons. The number of benzene rings is 2. The third kappa shape index (κ3) is 2.62. The van der Waals surface area contributed by atoms with Gasteiger partial charge in [-0.1, -0.05) is 30.3 Å². The van der Waals surface area contributed by atoms with Crippen molar-refractivity contribution in [2.24, 2.45) is 5.73 Å². The Kier molecular flexibility index (Phi) is 3.62. The number of nitrogens with one attached hydrogen (secondary N) is 1. The molecule has 2 aromatic rings. The van der Waals surface area contributed by atoms with Crippen molar-refractivity contribution in [1.29, 1.82) is 0 Å². The van der Waals surface area contributed by atoms with E-state index in [1.54, 1.807) is 12.1 Å². The van der Waals surface area contributed by atoms with Gasteiger partial charge in [-0.2, -0.15) is 0 Å². The maximum Gasteiger partial charge on any atom is 0.337 e. The van der Waals surface area contributed by atoms with Crippen molar-refractivity contribution in [3.8, 4) is 0 Å². The highest BCUT2D eigenvalue weighted by Gasteiger charge is 2.24. The summed E-state index contributed by atoms with van der Waals surface area (Å²) in [5, 5.41) is 3.51. The molecule has 0 fully saturated rings. The molecule has 0 saturated heterocycles. The Balaban J connectivity index is 1.84. The van der Waals surface area contributed by atoms with Crippen LogP contribution in [-0.4, -0.2) is 13.1 Å². The molecule has 0 saturated carbocycles. The van der Waals surface area contributed by atoms with Crippen molar-refractivity contribution in [3.63, 3.8) is 0 Å². The summed E-state index contributed by atoms with van der Waals surface area (Å²) in [5.74, 6) is -0.319. The fraction of sp³-hybridized carbons (Fsp3) is 0.235. The van der Waals surface area contributed by atoms with E-state index < -0.39 is 0 Å². The monoisotopic (exact) mass is 282 g/mol. The van der Waals surface area contributed by atoms with Crippen molar-refractivity contribution in [2.75, 3.05) is 12.4 Å². The van der Waals surface area contributed by atoms with Crippen LogP contribution in [0, 0.1) is 0 Å². The summed E-state index contributed by atoms with van der Waals surface area (Å²) in [6.45, 7) is 0. The van der Waals surface area contributed by atoms with Crippen molar-refractivity contribution >= 4 is 11.7 Å². The van der Waals surface area contributed by atoms with Gasteiger partial charge in [-0.25, -0.2) is 4.79 Å². The van der Waals surface area contributed by atoms with Crippen LogP contribution in [0.4, 0.5) is 5.69 Å². The van der Waals surface area contributed by atoms with Crippen molar-refractivity contribution in [2.45, 2.75) is 18.5 Å². The predicted octanol–water partition coefficient (Wildman–Crippen LogP) is 3.03. The Morgan fingerprint density at radius 2 is 1.90 bits per heavy atom. The Hall–Kier alpha value is -2.33. The van der Waals surface area contributed by atoms with Crippen molar-refractivity contribution in [3.05, 3.63) is 65.2 Å². The van der Waals surface area contributed by atoms with E-state index in [0.717, 1.165) is 23.2 Å². The lowest BCUT2D eigenvalue weighted by molar-refractivity contribution is 0.0600. The molecule has 0 unspecified atom stereocenters. The van der Waals surface area contributed by atoms with Crippen LogP contribution in [0.15, 0.2) is 48.5 Å². The number of para-hydroxylation sites is 1. The molecule has 4 heteroatoms. The summed E-state index contributed by atoms with van der Waals surface area (Å²) >= 11 is 0. The molecule has 1 aliphatic heterocycles. The van der Waals surface area contributed by atoms with Crippen LogP contribution in [0.2, 0.25) is 0 Å². The maximum absolute atomic E-state index is 11.5. The standard InChI is InChI=1S/C17H18N2O2/c1-21-17(20)12-8-6-11(7-9-12)16-10-14(18)13-4-2-3-5-15(13)19-16/h2-9,14,16,19H,10,18H2,1H3/t14-,16-/m1/s1. The fourth-order valence-corrected chi connectivity index (χ4v) is 2.77. The number of esters is 1. The highest BCUT2D eigenvalue weighted by molar-refractivity contribution is 5.89. The zero-order valence-electron chi connectivity index (χ0n) is 11.9. The lowest BCUT2D eigenvalue weighted by Crippen LogP contribution is -2.26. The number of methoxy groups -OCH3 is 1. The summed E-state index contributed by atoms with van der Waals surface area (Å²) < 4.78 is 4.71. The number of carbonyl (C=O) groups excluding carboxylic acids is 1. The van der Waals surface area contributed by atoms with E-state index in [0.29, 0.717) is 5.56 Å². The fourth-order valence-electron chi connectivity index (χ4n) is 2.77. The molecule has 3 N–H and O–H groups in total. The van der Waals surface area contributed by atoms with E-state index in [1.807, 2.05) is 30.3 Å². The number of rotatable bonds is 2. The molecule has 0 bridgehead atoms. The molecule has 0 amide bonds. The van der Waals surface area contributed by atoms with E-state index in [-0.39, 0.29) is 18.1 Å². The molecule has 0 spiro atoms. The molecule has 4 nitrogen and oxygen atoms in total. The van der Waals surface area contributed by atoms with Gasteiger partial charge < -0.3 is 15.8 Å². The van der Waals surface area contributed by atoms with E-state index in [4.69, 9.17) is 10.5 Å². The Morgan fingerprint density at radius 1 is 1.19 bits per heavy atom. The summed E-state index contributed by atoms with van der Waals surface area (Å²) in [7, 11) is 1.38. The molecule has 108 valence electrons. The van der Waals surface area contributed by atoms with Gasteiger partial charge in [0.15, 0.2) is 0 Å². The van der Waals surface area contributed by atoms with Gasteiger partial charge in [-0.15, -0.1) is 0 Å². The summed E-state index contributed by atoms with van der Waals surface area (Å²) in [5.41, 5.74) is 10.2. The number of anilines is 1. The van der Waals surface area contributed by atoms with E-state index in [2.05, 4.69) is 11.4 Å². The van der Waals surface area contributed by atoms with E-state index in [9.17, 15) is 4.79 Å². The first-order valence-corrected chi connectivity index (χ1v) is 6.98. The largest absolute Gasteiger partial charge is 0.465 e. The van der Waals surface area contributed by atoms with Crippen LogP contribution in [0.1, 0.15) is 40.0 Å². The zero-order valence-corrected chi connectivity index (χ0v) is 11.9. The van der Waals surface area contributed by atoms with Crippen molar-refractivity contribution < 1.29 is 9.53 Å². The minimum absolute atomic E-state index is 0.0210. The third-order valence-corrected chi connectivity index (χ3v) is 3.91. The summed E-state index contributed by atoms with van der Waals surface area (Å²) in [6, 6.07) is 15.8. The average Bonchev–Trinajstić information content (AvgIpc) is 2.54.